The summed E-state index contributed by atoms with van der Waals surface area (Å²) >= 11 is 6.22. The summed E-state index contributed by atoms with van der Waals surface area (Å²) in [7, 11) is -0.0277. The van der Waals surface area contributed by atoms with Crippen molar-refractivity contribution in [2.75, 3.05) is 38.0 Å². The molecule has 8 heteroatoms. The van der Waals surface area contributed by atoms with E-state index in [0.29, 0.717) is 22.8 Å². The molecule has 1 amide bonds. The average Bonchev–Trinajstić information content (AvgIpc) is 2.66. The number of hydrogen-bond acceptors (Lipinski definition) is 4. The van der Waals surface area contributed by atoms with E-state index in [2.05, 4.69) is 5.32 Å². The Bertz CT molecular complexity index is 944. The molecule has 0 bridgehead atoms. The number of nitrogens with zero attached hydrogens (tertiary/aromatic N) is 2. The van der Waals surface area contributed by atoms with Gasteiger partial charge in [-0.1, -0.05) is 35.4 Å². The van der Waals surface area contributed by atoms with E-state index in [-0.39, 0.29) is 17.3 Å². The molecule has 158 valence electrons. The lowest BCUT2D eigenvalue weighted by Crippen LogP contribution is -2.41. The van der Waals surface area contributed by atoms with Crippen LogP contribution >= 0.6 is 11.6 Å². The molecule has 0 spiro atoms. The van der Waals surface area contributed by atoms with Crippen molar-refractivity contribution >= 4 is 33.2 Å². The van der Waals surface area contributed by atoms with E-state index in [0.717, 1.165) is 22.8 Å². The number of nitrogens with one attached hydrogen (secondary N) is 1. The van der Waals surface area contributed by atoms with Crippen LogP contribution in [-0.2, 0) is 14.8 Å². The van der Waals surface area contributed by atoms with Crippen molar-refractivity contribution in [3.05, 3.63) is 58.6 Å². The molecule has 0 aliphatic rings. The number of anilines is 1. The lowest BCUT2D eigenvalue weighted by Gasteiger charge is -2.26. The van der Waals surface area contributed by atoms with Crippen LogP contribution in [0.1, 0.15) is 17.5 Å². The molecular weight excluding hydrogens is 410 g/mol. The van der Waals surface area contributed by atoms with Crippen molar-refractivity contribution < 1.29 is 13.2 Å². The Morgan fingerprint density at radius 2 is 1.72 bits per heavy atom. The standard InChI is InChI=1S/C21H28ClN3O3S/c1-16-9-11-18(12-10-16)29(27,28)25(20-8-5-7-19(22)17(20)2)15-21(26)23-13-6-14-24(3)4/h5,7-12H,6,13-15H2,1-4H3,(H,23,26). The van der Waals surface area contributed by atoms with E-state index in [1.165, 1.54) is 0 Å². The Hall–Kier alpha value is -2.09. The van der Waals surface area contributed by atoms with Crippen LogP contribution in [0.3, 0.4) is 0 Å². The van der Waals surface area contributed by atoms with Crippen LogP contribution in [0.4, 0.5) is 5.69 Å². The SMILES string of the molecule is Cc1ccc(S(=O)(=O)N(CC(=O)NCCCN(C)C)c2cccc(Cl)c2C)cc1. The molecule has 0 unspecified atom stereocenters. The molecule has 29 heavy (non-hydrogen) atoms. The van der Waals surface area contributed by atoms with Gasteiger partial charge in [0, 0.05) is 11.6 Å². The second-order valence-corrected chi connectivity index (χ2v) is 9.48. The predicted molar refractivity (Wildman–Crippen MR) is 118 cm³/mol. The predicted octanol–water partition coefficient (Wildman–Crippen LogP) is 3.22. The third-order valence-corrected chi connectivity index (χ3v) is 6.69. The number of halogens is 1. The number of amides is 1. The van der Waals surface area contributed by atoms with Crippen molar-refractivity contribution in [3.63, 3.8) is 0 Å². The zero-order valence-corrected chi connectivity index (χ0v) is 18.8. The summed E-state index contributed by atoms with van der Waals surface area (Å²) in [5.41, 5.74) is 1.94. The first-order valence-corrected chi connectivity index (χ1v) is 11.2. The van der Waals surface area contributed by atoms with Gasteiger partial charge in [0.15, 0.2) is 0 Å². The molecule has 0 aliphatic heterocycles. The van der Waals surface area contributed by atoms with Crippen LogP contribution in [0.15, 0.2) is 47.4 Å². The maximum Gasteiger partial charge on any atom is 0.264 e. The van der Waals surface area contributed by atoms with E-state index < -0.39 is 10.0 Å². The van der Waals surface area contributed by atoms with Gasteiger partial charge in [0.1, 0.15) is 6.54 Å². The summed E-state index contributed by atoms with van der Waals surface area (Å²) < 4.78 is 27.8. The van der Waals surface area contributed by atoms with Gasteiger partial charge < -0.3 is 10.2 Å². The molecule has 0 atom stereocenters. The molecule has 0 saturated carbocycles. The second-order valence-electron chi connectivity index (χ2n) is 7.22. The first-order valence-electron chi connectivity index (χ1n) is 9.39. The zero-order chi connectivity index (χ0) is 21.6. The van der Waals surface area contributed by atoms with E-state index in [1.54, 1.807) is 49.4 Å². The molecule has 0 aliphatic carbocycles. The molecule has 0 fully saturated rings. The van der Waals surface area contributed by atoms with Crippen molar-refractivity contribution in [2.45, 2.75) is 25.2 Å². The molecule has 0 aromatic heterocycles. The quantitative estimate of drug-likeness (QED) is 0.611. The summed E-state index contributed by atoms with van der Waals surface area (Å²) in [6.07, 6.45) is 0.777. The number of aryl methyl sites for hydroxylation is 1. The van der Waals surface area contributed by atoms with E-state index >= 15 is 0 Å². The average molecular weight is 438 g/mol. The van der Waals surface area contributed by atoms with Crippen molar-refractivity contribution in [1.29, 1.82) is 0 Å². The van der Waals surface area contributed by atoms with Gasteiger partial charge in [-0.2, -0.15) is 0 Å². The molecule has 6 nitrogen and oxygen atoms in total. The van der Waals surface area contributed by atoms with Gasteiger partial charge >= 0.3 is 0 Å². The molecule has 0 saturated heterocycles. The van der Waals surface area contributed by atoms with Crippen molar-refractivity contribution in [3.8, 4) is 0 Å². The van der Waals surface area contributed by atoms with Crippen LogP contribution in [-0.4, -0.2) is 53.0 Å². The molecule has 2 rings (SSSR count). The summed E-state index contributed by atoms with van der Waals surface area (Å²) in [6.45, 7) is 4.61. The Morgan fingerprint density at radius 1 is 1.07 bits per heavy atom. The normalized spacial score (nSPS) is 11.5. The summed E-state index contributed by atoms with van der Waals surface area (Å²) in [5, 5.41) is 3.24. The number of carbonyl (C=O) groups is 1. The van der Waals surface area contributed by atoms with Gasteiger partial charge in [0.2, 0.25) is 5.91 Å². The van der Waals surface area contributed by atoms with Gasteiger partial charge in [0.05, 0.1) is 10.6 Å². The number of sulfonamides is 1. The highest BCUT2D eigenvalue weighted by molar-refractivity contribution is 7.92. The fraction of sp³-hybridized carbons (Fsp3) is 0.381. The molecular formula is C21H28ClN3O3S. The van der Waals surface area contributed by atoms with Crippen LogP contribution in [0.5, 0.6) is 0 Å². The van der Waals surface area contributed by atoms with Crippen LogP contribution in [0, 0.1) is 13.8 Å². The molecule has 2 aromatic rings. The number of carbonyl (C=O) groups excluding carboxylic acids is 1. The summed E-state index contributed by atoms with van der Waals surface area (Å²) in [6, 6.07) is 11.6. The fourth-order valence-corrected chi connectivity index (χ4v) is 4.46. The highest BCUT2D eigenvalue weighted by Gasteiger charge is 2.28. The number of rotatable bonds is 9. The van der Waals surface area contributed by atoms with Gasteiger partial charge in [0.25, 0.3) is 10.0 Å². The highest BCUT2D eigenvalue weighted by Crippen LogP contribution is 2.30. The Morgan fingerprint density at radius 3 is 2.34 bits per heavy atom. The first kappa shape index (κ1) is 23.2. The van der Waals surface area contributed by atoms with E-state index in [9.17, 15) is 13.2 Å². The summed E-state index contributed by atoms with van der Waals surface area (Å²) in [4.78, 5) is 14.7. The topological polar surface area (TPSA) is 69.7 Å². The van der Waals surface area contributed by atoms with Crippen LogP contribution in [0.25, 0.3) is 0 Å². The van der Waals surface area contributed by atoms with Gasteiger partial charge in [-0.05, 0) is 70.7 Å². The molecule has 2 aromatic carbocycles. The van der Waals surface area contributed by atoms with Crippen molar-refractivity contribution in [1.82, 2.24) is 10.2 Å². The van der Waals surface area contributed by atoms with Gasteiger partial charge in [-0.25, -0.2) is 8.42 Å². The molecule has 0 radical (unpaired) electrons. The minimum absolute atomic E-state index is 0.128. The minimum atomic E-state index is -3.94. The summed E-state index contributed by atoms with van der Waals surface area (Å²) in [5.74, 6) is -0.362. The minimum Gasteiger partial charge on any atom is -0.354 e. The van der Waals surface area contributed by atoms with Crippen LogP contribution < -0.4 is 9.62 Å². The number of hydrogen-bond donors (Lipinski definition) is 1. The zero-order valence-electron chi connectivity index (χ0n) is 17.3. The van der Waals surface area contributed by atoms with Crippen LogP contribution in [0.2, 0.25) is 5.02 Å². The first-order chi connectivity index (χ1) is 13.6. The molecule has 1 N–H and O–H groups in total. The Balaban J connectivity index is 2.33. The fourth-order valence-electron chi connectivity index (χ4n) is 2.81. The van der Waals surface area contributed by atoms with E-state index in [1.807, 2.05) is 25.9 Å². The number of benzene rings is 2. The monoisotopic (exact) mass is 437 g/mol. The van der Waals surface area contributed by atoms with E-state index in [4.69, 9.17) is 11.6 Å². The highest BCUT2D eigenvalue weighted by atomic mass is 35.5. The lowest BCUT2D eigenvalue weighted by atomic mass is 10.2. The maximum atomic E-state index is 13.4. The van der Waals surface area contributed by atoms with Crippen molar-refractivity contribution in [2.24, 2.45) is 0 Å². The Labute approximate surface area is 178 Å². The Kier molecular flexibility index (Phi) is 8.07. The molecule has 0 heterocycles. The third kappa shape index (κ3) is 6.19. The van der Waals surface area contributed by atoms with Gasteiger partial charge in [-0.15, -0.1) is 0 Å². The smallest absolute Gasteiger partial charge is 0.264 e. The lowest BCUT2D eigenvalue weighted by molar-refractivity contribution is -0.119. The second kappa shape index (κ2) is 10.1. The van der Waals surface area contributed by atoms with Gasteiger partial charge in [-0.3, -0.25) is 9.10 Å². The maximum absolute atomic E-state index is 13.4. The largest absolute Gasteiger partial charge is 0.354 e. The third-order valence-electron chi connectivity index (χ3n) is 4.51.